The van der Waals surface area contributed by atoms with E-state index in [-0.39, 0.29) is 17.6 Å². The molecule has 3 atom stereocenters. The van der Waals surface area contributed by atoms with Gasteiger partial charge in [-0.05, 0) is 55.1 Å². The lowest BCUT2D eigenvalue weighted by Crippen LogP contribution is -2.51. The zero-order valence-electron chi connectivity index (χ0n) is 16.7. The number of nitrogens with zero attached hydrogens (tertiary/aromatic N) is 2. The topological polar surface area (TPSA) is 62.3 Å². The zero-order valence-corrected chi connectivity index (χ0v) is 18.2. The van der Waals surface area contributed by atoms with E-state index in [1.807, 2.05) is 36.2 Å². The highest BCUT2D eigenvalue weighted by atomic mass is 35.5. The Balaban J connectivity index is 1.74. The van der Waals surface area contributed by atoms with Gasteiger partial charge in [0.25, 0.3) is 0 Å². The maximum Gasteiger partial charge on any atom is 0.250 e. The van der Waals surface area contributed by atoms with Crippen LogP contribution in [0.2, 0.25) is 10.0 Å². The van der Waals surface area contributed by atoms with Crippen LogP contribution < -0.4 is 5.32 Å². The summed E-state index contributed by atoms with van der Waals surface area (Å²) in [5.41, 5.74) is 1.50. The number of nitrogens with one attached hydrogen (secondary N) is 1. The van der Waals surface area contributed by atoms with Gasteiger partial charge in [-0.3, -0.25) is 19.5 Å². The van der Waals surface area contributed by atoms with E-state index in [9.17, 15) is 9.59 Å². The van der Waals surface area contributed by atoms with Crippen molar-refractivity contribution >= 4 is 40.6 Å². The molecular formula is C24H19Cl2N3O2. The second-order valence-corrected chi connectivity index (χ2v) is 8.88. The normalized spacial score (nSPS) is 24.9. The Morgan fingerprint density at radius 2 is 1.84 bits per heavy atom. The first-order chi connectivity index (χ1) is 14.9. The number of ketones is 1. The molecule has 2 aliphatic rings. The number of carbonyl (C=O) groups is 2. The molecule has 2 aliphatic heterocycles. The van der Waals surface area contributed by atoms with Crippen molar-refractivity contribution in [3.8, 4) is 0 Å². The van der Waals surface area contributed by atoms with Crippen molar-refractivity contribution in [3.05, 3.63) is 93.7 Å². The summed E-state index contributed by atoms with van der Waals surface area (Å²) >= 11 is 12.4. The molecule has 3 aromatic rings. The van der Waals surface area contributed by atoms with Gasteiger partial charge in [0.1, 0.15) is 11.2 Å². The highest BCUT2D eigenvalue weighted by Gasteiger charge is 2.64. The van der Waals surface area contributed by atoms with Crippen molar-refractivity contribution in [2.75, 3.05) is 18.9 Å². The van der Waals surface area contributed by atoms with Crippen LogP contribution in [0.1, 0.15) is 27.5 Å². The number of benzene rings is 2. The number of pyridine rings is 1. The maximum absolute atomic E-state index is 13.9. The summed E-state index contributed by atoms with van der Waals surface area (Å²) in [6, 6.07) is 18.0. The molecule has 156 valence electrons. The average Bonchev–Trinajstić information content (AvgIpc) is 3.24. The minimum atomic E-state index is -1.18. The largest absolute Gasteiger partial charge is 0.324 e. The van der Waals surface area contributed by atoms with Gasteiger partial charge in [-0.1, -0.05) is 41.4 Å². The van der Waals surface area contributed by atoms with Crippen LogP contribution >= 0.6 is 23.2 Å². The van der Waals surface area contributed by atoms with Gasteiger partial charge in [0.2, 0.25) is 5.91 Å². The standard InChI is InChI=1S/C24H19Cl2N3O2/c1-29-13-17(14-5-7-15(25)8-6-14)21(22(30)20-4-2-3-11-27-20)24(29)18-12-16(26)9-10-19(18)28-23(24)31/h2-12,17,21H,13H2,1H3,(H,28,31). The fourth-order valence-electron chi connectivity index (χ4n) is 5.09. The molecule has 1 saturated heterocycles. The van der Waals surface area contributed by atoms with Crippen molar-refractivity contribution in [1.29, 1.82) is 0 Å². The Bertz CT molecular complexity index is 1180. The Hall–Kier alpha value is -2.73. The molecule has 1 aromatic heterocycles. The number of amides is 1. The van der Waals surface area contributed by atoms with Gasteiger partial charge in [0, 0.05) is 40.0 Å². The lowest BCUT2D eigenvalue weighted by Gasteiger charge is -2.35. The van der Waals surface area contributed by atoms with Crippen molar-refractivity contribution in [2.45, 2.75) is 11.5 Å². The second kappa shape index (κ2) is 7.45. The van der Waals surface area contributed by atoms with Crippen molar-refractivity contribution < 1.29 is 9.59 Å². The first-order valence-corrected chi connectivity index (χ1v) is 10.7. The summed E-state index contributed by atoms with van der Waals surface area (Å²) < 4.78 is 0. The van der Waals surface area contributed by atoms with Gasteiger partial charge in [-0.15, -0.1) is 0 Å². The maximum atomic E-state index is 13.9. The molecule has 3 unspecified atom stereocenters. The molecule has 0 saturated carbocycles. The van der Waals surface area contributed by atoms with E-state index in [0.29, 0.717) is 28.0 Å². The lowest BCUT2D eigenvalue weighted by atomic mass is 9.71. The molecule has 5 rings (SSSR count). The number of Topliss-reactive ketones (excluding diaryl/α,β-unsaturated/α-hetero) is 1. The van der Waals surface area contributed by atoms with E-state index in [1.165, 1.54) is 0 Å². The third-order valence-corrected chi connectivity index (χ3v) is 6.90. The Morgan fingerprint density at radius 1 is 1.10 bits per heavy atom. The summed E-state index contributed by atoms with van der Waals surface area (Å²) in [5, 5.41) is 4.11. The number of likely N-dealkylation sites (N-methyl/N-ethyl adjacent to an activating group) is 1. The van der Waals surface area contributed by atoms with Crippen molar-refractivity contribution in [3.63, 3.8) is 0 Å². The quantitative estimate of drug-likeness (QED) is 0.582. The van der Waals surface area contributed by atoms with E-state index in [4.69, 9.17) is 23.2 Å². The predicted octanol–water partition coefficient (Wildman–Crippen LogP) is 4.76. The fourth-order valence-corrected chi connectivity index (χ4v) is 5.39. The summed E-state index contributed by atoms with van der Waals surface area (Å²) in [5.74, 6) is -1.31. The predicted molar refractivity (Wildman–Crippen MR) is 121 cm³/mol. The van der Waals surface area contributed by atoms with Crippen LogP contribution in [-0.4, -0.2) is 35.2 Å². The van der Waals surface area contributed by atoms with Crippen LogP contribution in [0.25, 0.3) is 0 Å². The monoisotopic (exact) mass is 451 g/mol. The van der Waals surface area contributed by atoms with Crippen LogP contribution in [0.5, 0.6) is 0 Å². The smallest absolute Gasteiger partial charge is 0.250 e. The Kier molecular flexibility index (Phi) is 4.85. The van der Waals surface area contributed by atoms with Gasteiger partial charge < -0.3 is 5.32 Å². The van der Waals surface area contributed by atoms with E-state index in [0.717, 1.165) is 11.1 Å². The van der Waals surface area contributed by atoms with Crippen LogP contribution in [0.15, 0.2) is 66.9 Å². The summed E-state index contributed by atoms with van der Waals surface area (Å²) in [4.78, 5) is 33.7. The number of likely N-dealkylation sites (tertiary alicyclic amines) is 1. The molecule has 5 nitrogen and oxygen atoms in total. The van der Waals surface area contributed by atoms with Crippen molar-refractivity contribution in [2.24, 2.45) is 5.92 Å². The number of halogens is 2. The van der Waals surface area contributed by atoms with Crippen LogP contribution in [0, 0.1) is 5.92 Å². The average molecular weight is 452 g/mol. The lowest BCUT2D eigenvalue weighted by molar-refractivity contribution is -0.126. The number of anilines is 1. The first-order valence-electron chi connectivity index (χ1n) is 9.96. The number of hydrogen-bond donors (Lipinski definition) is 1. The van der Waals surface area contributed by atoms with Gasteiger partial charge in [0.15, 0.2) is 5.78 Å². The SMILES string of the molecule is CN1CC(c2ccc(Cl)cc2)C(C(=O)c2ccccn2)C12C(=O)Nc1ccc(Cl)cc12. The van der Waals surface area contributed by atoms with E-state index >= 15 is 0 Å². The zero-order chi connectivity index (χ0) is 21.8. The van der Waals surface area contributed by atoms with Gasteiger partial charge in [-0.25, -0.2) is 0 Å². The second-order valence-electron chi connectivity index (χ2n) is 8.01. The van der Waals surface area contributed by atoms with Gasteiger partial charge >= 0.3 is 0 Å². The molecule has 3 heterocycles. The summed E-state index contributed by atoms with van der Waals surface area (Å²) in [7, 11) is 1.88. The van der Waals surface area contributed by atoms with E-state index in [2.05, 4.69) is 10.3 Å². The summed E-state index contributed by atoms with van der Waals surface area (Å²) in [6.45, 7) is 0.518. The molecule has 1 fully saturated rings. The highest BCUT2D eigenvalue weighted by molar-refractivity contribution is 6.31. The molecule has 0 bridgehead atoms. The van der Waals surface area contributed by atoms with Crippen LogP contribution in [0.4, 0.5) is 5.69 Å². The molecule has 1 N–H and O–H groups in total. The number of fused-ring (bicyclic) bond motifs is 2. The van der Waals surface area contributed by atoms with Gasteiger partial charge in [-0.2, -0.15) is 0 Å². The molecule has 0 aliphatic carbocycles. The van der Waals surface area contributed by atoms with E-state index < -0.39 is 11.5 Å². The molecule has 31 heavy (non-hydrogen) atoms. The molecule has 0 radical (unpaired) electrons. The molecule has 2 aromatic carbocycles. The third kappa shape index (κ3) is 2.99. The molecular weight excluding hydrogens is 433 g/mol. The third-order valence-electron chi connectivity index (χ3n) is 6.41. The van der Waals surface area contributed by atoms with Crippen LogP contribution in [0.3, 0.4) is 0 Å². The highest BCUT2D eigenvalue weighted by Crippen LogP contribution is 2.55. The first kappa shape index (κ1) is 20.2. The minimum Gasteiger partial charge on any atom is -0.324 e. The molecule has 1 amide bonds. The number of aromatic nitrogens is 1. The number of carbonyl (C=O) groups excluding carboxylic acids is 2. The number of rotatable bonds is 3. The van der Waals surface area contributed by atoms with Crippen molar-refractivity contribution in [1.82, 2.24) is 9.88 Å². The van der Waals surface area contributed by atoms with Gasteiger partial charge in [0.05, 0.1) is 5.92 Å². The fraction of sp³-hybridized carbons (Fsp3) is 0.208. The summed E-state index contributed by atoms with van der Waals surface area (Å²) in [6.07, 6.45) is 1.59. The molecule has 1 spiro atoms. The van der Waals surface area contributed by atoms with E-state index in [1.54, 1.807) is 42.6 Å². The minimum absolute atomic E-state index is 0.173. The number of hydrogen-bond acceptors (Lipinski definition) is 4. The van der Waals surface area contributed by atoms with Crippen LogP contribution in [-0.2, 0) is 10.3 Å². The molecule has 7 heteroatoms. The Morgan fingerprint density at radius 3 is 2.55 bits per heavy atom. The Labute approximate surface area is 190 Å².